The fourth-order valence-electron chi connectivity index (χ4n) is 4.13. The number of nitrogens with two attached hydrogens (primary N) is 1. The van der Waals surface area contributed by atoms with Crippen LogP contribution in [0.1, 0.15) is 75.3 Å². The molecule has 0 saturated heterocycles. The third-order valence-electron chi connectivity index (χ3n) is 5.86. The third kappa shape index (κ3) is 5.38. The lowest BCUT2D eigenvalue weighted by atomic mass is 9.95. The van der Waals surface area contributed by atoms with Crippen LogP contribution in [0.5, 0.6) is 0 Å². The van der Waals surface area contributed by atoms with Crippen molar-refractivity contribution < 1.29 is 4.39 Å². The SMILES string of the molecule is C=C(CCC)N1Cc2nc(C(=N)c3ccc(-c4cc(F)ccc4CC)cc3N)[nH]c2C1.CCC. The van der Waals surface area contributed by atoms with Crippen LogP contribution in [0, 0.1) is 11.2 Å². The number of anilines is 1. The Morgan fingerprint density at radius 2 is 1.88 bits per heavy atom. The topological polar surface area (TPSA) is 81.8 Å². The number of rotatable bonds is 7. The summed E-state index contributed by atoms with van der Waals surface area (Å²) in [5.41, 5.74) is 13.5. The summed E-state index contributed by atoms with van der Waals surface area (Å²) in [6.45, 7) is 14.0. The molecule has 0 saturated carbocycles. The van der Waals surface area contributed by atoms with Crippen molar-refractivity contribution in [3.8, 4) is 11.1 Å². The molecule has 0 bridgehead atoms. The number of aryl methyl sites for hydroxylation is 1. The molecular weight excluding hydrogens is 425 g/mol. The van der Waals surface area contributed by atoms with Gasteiger partial charge in [0.2, 0.25) is 0 Å². The number of hydrogen-bond donors (Lipinski definition) is 3. The van der Waals surface area contributed by atoms with Crippen molar-refractivity contribution in [3.05, 3.63) is 82.8 Å². The molecule has 0 unspecified atom stereocenters. The standard InChI is InChI=1S/C25H28FN5.C3H8/c1-4-6-15(3)31-13-22-23(14-31)30-25(29-22)24(28)19-10-8-17(11-21(19)27)20-12-18(26)9-7-16(20)5-2;1-3-2/h7-12,28H,3-6,13-14,27H2,1-2H3,(H,29,30);3H2,1-2H3. The Hall–Kier alpha value is -3.41. The lowest BCUT2D eigenvalue weighted by molar-refractivity contribution is 0.344. The summed E-state index contributed by atoms with van der Waals surface area (Å²) in [5.74, 6) is 0.244. The number of nitrogen functional groups attached to an aromatic ring is 1. The predicted octanol–water partition coefficient (Wildman–Crippen LogP) is 6.82. The first-order valence-corrected chi connectivity index (χ1v) is 12.1. The molecule has 0 radical (unpaired) electrons. The zero-order valence-electron chi connectivity index (χ0n) is 20.8. The highest BCUT2D eigenvalue weighted by molar-refractivity contribution is 6.12. The van der Waals surface area contributed by atoms with Gasteiger partial charge in [0.1, 0.15) is 11.5 Å². The fraction of sp³-hybridized carbons (Fsp3) is 0.357. The maximum absolute atomic E-state index is 13.8. The van der Waals surface area contributed by atoms with Gasteiger partial charge in [0.05, 0.1) is 24.5 Å². The van der Waals surface area contributed by atoms with Crippen LogP contribution in [0.2, 0.25) is 0 Å². The summed E-state index contributed by atoms with van der Waals surface area (Å²) in [4.78, 5) is 10.2. The van der Waals surface area contributed by atoms with Gasteiger partial charge in [0.25, 0.3) is 0 Å². The van der Waals surface area contributed by atoms with Gasteiger partial charge in [-0.05, 0) is 47.7 Å². The lowest BCUT2D eigenvalue weighted by Crippen LogP contribution is -2.16. The summed E-state index contributed by atoms with van der Waals surface area (Å²) < 4.78 is 13.8. The van der Waals surface area contributed by atoms with E-state index in [1.165, 1.54) is 18.6 Å². The summed E-state index contributed by atoms with van der Waals surface area (Å²) in [7, 11) is 0. The fourth-order valence-corrected chi connectivity index (χ4v) is 4.13. The van der Waals surface area contributed by atoms with Crippen LogP contribution >= 0.6 is 0 Å². The molecule has 1 aliphatic rings. The number of nitrogens with zero attached hydrogens (tertiary/aromatic N) is 2. The van der Waals surface area contributed by atoms with Gasteiger partial charge in [-0.15, -0.1) is 0 Å². The van der Waals surface area contributed by atoms with E-state index in [1.807, 2.05) is 25.1 Å². The molecule has 0 spiro atoms. The van der Waals surface area contributed by atoms with Gasteiger partial charge in [0.15, 0.2) is 5.82 Å². The van der Waals surface area contributed by atoms with Crippen LogP contribution in [0.25, 0.3) is 11.1 Å². The van der Waals surface area contributed by atoms with E-state index in [1.54, 1.807) is 6.07 Å². The van der Waals surface area contributed by atoms with Gasteiger partial charge in [-0.2, -0.15) is 0 Å². The predicted molar refractivity (Wildman–Crippen MR) is 139 cm³/mol. The van der Waals surface area contributed by atoms with Crippen LogP contribution < -0.4 is 5.73 Å². The first-order chi connectivity index (χ1) is 16.3. The molecule has 3 aromatic rings. The van der Waals surface area contributed by atoms with E-state index < -0.39 is 0 Å². The van der Waals surface area contributed by atoms with E-state index >= 15 is 0 Å². The van der Waals surface area contributed by atoms with Crippen LogP contribution in [0.3, 0.4) is 0 Å². The molecule has 0 fully saturated rings. The number of halogens is 1. The lowest BCUT2D eigenvalue weighted by Gasteiger charge is -2.19. The van der Waals surface area contributed by atoms with Gasteiger partial charge < -0.3 is 15.6 Å². The molecule has 180 valence electrons. The maximum atomic E-state index is 13.8. The van der Waals surface area contributed by atoms with Crippen LogP contribution in [-0.2, 0) is 19.5 Å². The minimum Gasteiger partial charge on any atom is -0.398 e. The minimum absolute atomic E-state index is 0.257. The second-order valence-electron chi connectivity index (χ2n) is 8.72. The molecule has 4 N–H and O–H groups in total. The first kappa shape index (κ1) is 25.2. The van der Waals surface area contributed by atoms with Crippen molar-refractivity contribution in [2.75, 3.05) is 5.73 Å². The van der Waals surface area contributed by atoms with E-state index in [9.17, 15) is 4.39 Å². The van der Waals surface area contributed by atoms with E-state index in [4.69, 9.17) is 11.1 Å². The molecule has 1 aliphatic heterocycles. The number of imidazole rings is 1. The zero-order valence-corrected chi connectivity index (χ0v) is 20.8. The summed E-state index contributed by atoms with van der Waals surface area (Å²) in [6, 6.07) is 10.3. The van der Waals surface area contributed by atoms with E-state index in [-0.39, 0.29) is 11.5 Å². The Morgan fingerprint density at radius 1 is 1.15 bits per heavy atom. The van der Waals surface area contributed by atoms with E-state index in [0.717, 1.165) is 59.6 Å². The van der Waals surface area contributed by atoms with Gasteiger partial charge in [-0.3, -0.25) is 5.41 Å². The van der Waals surface area contributed by atoms with Crippen LogP contribution in [0.15, 0.2) is 48.7 Å². The molecule has 2 aromatic carbocycles. The number of benzene rings is 2. The molecule has 2 heterocycles. The van der Waals surface area contributed by atoms with Crippen molar-refractivity contribution in [2.45, 2.75) is 66.5 Å². The Labute approximate surface area is 202 Å². The Kier molecular flexibility index (Phi) is 8.26. The Bertz CT molecular complexity index is 1150. The van der Waals surface area contributed by atoms with Crippen LogP contribution in [0.4, 0.5) is 10.1 Å². The number of aromatic amines is 1. The number of aromatic nitrogens is 2. The Morgan fingerprint density at radius 3 is 2.50 bits per heavy atom. The molecule has 0 atom stereocenters. The maximum Gasteiger partial charge on any atom is 0.156 e. The number of nitrogens with one attached hydrogen (secondary N) is 2. The van der Waals surface area contributed by atoms with Crippen molar-refractivity contribution in [3.63, 3.8) is 0 Å². The van der Waals surface area contributed by atoms with Crippen molar-refractivity contribution in [2.24, 2.45) is 0 Å². The average Bonchev–Trinajstić information content (AvgIpc) is 3.39. The quantitative estimate of drug-likeness (QED) is 0.267. The van der Waals surface area contributed by atoms with Gasteiger partial charge in [-0.1, -0.05) is 65.3 Å². The largest absolute Gasteiger partial charge is 0.398 e. The summed E-state index contributed by atoms with van der Waals surface area (Å²) in [6.07, 6.45) is 4.09. The van der Waals surface area contributed by atoms with Gasteiger partial charge in [0, 0.05) is 16.9 Å². The van der Waals surface area contributed by atoms with Gasteiger partial charge in [-0.25, -0.2) is 9.37 Å². The average molecular weight is 462 g/mol. The van der Waals surface area contributed by atoms with Crippen LogP contribution in [-0.4, -0.2) is 20.6 Å². The first-order valence-electron chi connectivity index (χ1n) is 12.1. The van der Waals surface area contributed by atoms with Crippen molar-refractivity contribution >= 4 is 11.4 Å². The summed E-state index contributed by atoms with van der Waals surface area (Å²) in [5, 5.41) is 8.64. The molecule has 6 heteroatoms. The van der Waals surface area contributed by atoms with E-state index in [0.29, 0.717) is 23.6 Å². The second-order valence-corrected chi connectivity index (χ2v) is 8.72. The van der Waals surface area contributed by atoms with Gasteiger partial charge >= 0.3 is 0 Å². The molecule has 4 rings (SSSR count). The normalized spacial score (nSPS) is 12.2. The number of allylic oxidation sites excluding steroid dienone is 1. The highest BCUT2D eigenvalue weighted by atomic mass is 19.1. The molecule has 0 aliphatic carbocycles. The molecule has 34 heavy (non-hydrogen) atoms. The zero-order chi connectivity index (χ0) is 24.8. The smallest absolute Gasteiger partial charge is 0.156 e. The Balaban J connectivity index is 0.00000103. The molecule has 5 nitrogen and oxygen atoms in total. The molecular formula is C28H36FN5. The molecule has 0 amide bonds. The number of hydrogen-bond acceptors (Lipinski definition) is 4. The third-order valence-corrected chi connectivity index (χ3v) is 5.86. The highest BCUT2D eigenvalue weighted by Crippen LogP contribution is 2.30. The number of fused-ring (bicyclic) bond motifs is 1. The molecule has 1 aromatic heterocycles. The second kappa shape index (κ2) is 11.1. The summed E-state index contributed by atoms with van der Waals surface area (Å²) >= 11 is 0. The number of H-pyrrole nitrogens is 1. The van der Waals surface area contributed by atoms with Crippen molar-refractivity contribution in [1.82, 2.24) is 14.9 Å². The van der Waals surface area contributed by atoms with E-state index in [2.05, 4.69) is 42.2 Å². The monoisotopic (exact) mass is 461 g/mol. The minimum atomic E-state index is -0.275. The van der Waals surface area contributed by atoms with Crippen molar-refractivity contribution in [1.29, 1.82) is 5.41 Å². The highest BCUT2D eigenvalue weighted by Gasteiger charge is 2.25.